The van der Waals surface area contributed by atoms with Crippen LogP contribution in [-0.2, 0) is 71.4 Å². The van der Waals surface area contributed by atoms with Gasteiger partial charge in [0, 0.05) is 0 Å². The predicted octanol–water partition coefficient (Wildman–Crippen LogP) is -2.36. The Kier molecular flexibility index (Phi) is 22.8. The van der Waals surface area contributed by atoms with Crippen molar-refractivity contribution in [1.82, 2.24) is 0 Å². The van der Waals surface area contributed by atoms with Crippen LogP contribution in [0.1, 0.15) is 127 Å². The fraction of sp³-hybridized carbons (Fsp3) is 0.967. The molecule has 0 bridgehead atoms. The van der Waals surface area contributed by atoms with Gasteiger partial charge in [-0.2, -0.15) is 8.42 Å². The number of hydrogen-bond donors (Lipinski definition) is 15. The summed E-state index contributed by atoms with van der Waals surface area (Å²) in [5, 5.41) is 158. The van der Waals surface area contributed by atoms with Crippen LogP contribution in [0.2, 0.25) is 0 Å². The summed E-state index contributed by atoms with van der Waals surface area (Å²) in [7, 11) is -4.87. The van der Waals surface area contributed by atoms with Gasteiger partial charge in [0.25, 0.3) is 0 Å². The fourth-order valence-electron chi connectivity index (χ4n) is 16.9. The number of allylic oxidation sites excluding steroid dienone is 2. The van der Waals surface area contributed by atoms with E-state index in [9.17, 15) is 84.5 Å². The summed E-state index contributed by atoms with van der Waals surface area (Å²) in [4.78, 5) is 0. The third-order valence-electron chi connectivity index (χ3n) is 22.2. The normalized spacial score (nSPS) is 52.6. The van der Waals surface area contributed by atoms with Crippen LogP contribution in [0.4, 0.5) is 0 Å². The van der Waals surface area contributed by atoms with E-state index in [2.05, 4.69) is 33.8 Å². The SMILES string of the molecule is CC(C)CCC[C@@](C)(O)[C@H]1CC[C@H]2[C@@H]3C[C@H](O[C@@H]4O[C@H](C)[C@@H](O)[C@H](O[C@@H]5OC[C@@H](O[C@@H]6O[C@H](C)[C@@H](O[C@@H]7OC[C@H](O)[C@H](O)[C@H]7O)[C@H](O)[C@H]6O[C@@H]6O[C@H](C)[C@H](O)[C@H](O)[C@H]6O)[C@H](O)[C@H]5O[C@@H]5O[C@H](C)[C@@H](O)[C@H](O)[C@H]5O)[C@H]4O)[C@H]4C[C@@H](OS(=O)(=O)O)CC[C@]4(C)C3=CC[C@@]21C. The Morgan fingerprint density at radius 2 is 1.09 bits per heavy atom. The molecule has 0 radical (unpaired) electrons. The molecule has 0 aromatic carbocycles. The number of fused-ring (bicyclic) bond motifs is 5. The molecule has 0 unspecified atom stereocenters. The van der Waals surface area contributed by atoms with Crippen molar-refractivity contribution in [3.63, 3.8) is 0 Å². The van der Waals surface area contributed by atoms with E-state index in [0.29, 0.717) is 31.6 Å². The Balaban J connectivity index is 0.915. The van der Waals surface area contributed by atoms with Gasteiger partial charge in [-0.25, -0.2) is 4.18 Å². The van der Waals surface area contributed by atoms with Gasteiger partial charge in [0.2, 0.25) is 0 Å². The number of hydrogen-bond acceptors (Lipinski definition) is 29. The Morgan fingerprint density at radius 3 is 1.70 bits per heavy atom. The van der Waals surface area contributed by atoms with Crippen molar-refractivity contribution in [2.24, 2.45) is 40.4 Å². The van der Waals surface area contributed by atoms with Crippen molar-refractivity contribution < 1.29 is 145 Å². The second-order valence-electron chi connectivity index (χ2n) is 29.0. The lowest BCUT2D eigenvalue weighted by Crippen LogP contribution is -2.67. The van der Waals surface area contributed by atoms with E-state index in [1.807, 2.05) is 6.92 Å². The maximum atomic E-state index is 12.5. The van der Waals surface area contributed by atoms with Gasteiger partial charge < -0.3 is 128 Å². The first-order chi connectivity index (χ1) is 43.0. The Hall–Kier alpha value is -1.43. The topological polar surface area (TPSA) is 458 Å². The summed E-state index contributed by atoms with van der Waals surface area (Å²) in [5.74, 6) is 0.0242. The number of aliphatic hydroxyl groups is 14. The van der Waals surface area contributed by atoms with E-state index in [-0.39, 0.29) is 29.6 Å². The van der Waals surface area contributed by atoms with Crippen LogP contribution in [-0.4, -0.2) is 288 Å². The maximum Gasteiger partial charge on any atom is 0.397 e. The minimum atomic E-state index is -4.87. The summed E-state index contributed by atoms with van der Waals surface area (Å²) in [6.07, 6.45) is -40.4. The Morgan fingerprint density at radius 1 is 0.554 bits per heavy atom. The molecule has 532 valence electrons. The molecule has 30 nitrogen and oxygen atoms in total. The highest BCUT2D eigenvalue weighted by Crippen LogP contribution is 2.67. The Bertz CT molecular complexity index is 2590. The van der Waals surface area contributed by atoms with Crippen molar-refractivity contribution in [2.45, 2.75) is 316 Å². The van der Waals surface area contributed by atoms with Crippen LogP contribution in [0, 0.1) is 40.4 Å². The molecule has 0 amide bonds. The van der Waals surface area contributed by atoms with Crippen LogP contribution >= 0.6 is 0 Å². The summed E-state index contributed by atoms with van der Waals surface area (Å²) >= 11 is 0. The Labute approximate surface area is 535 Å². The highest BCUT2D eigenvalue weighted by molar-refractivity contribution is 7.80. The molecule has 6 saturated heterocycles. The molecule has 10 aliphatic rings. The lowest BCUT2D eigenvalue weighted by molar-refractivity contribution is -0.403. The van der Waals surface area contributed by atoms with Crippen molar-refractivity contribution in [3.8, 4) is 0 Å². The third-order valence-corrected chi connectivity index (χ3v) is 22.8. The van der Waals surface area contributed by atoms with E-state index < -0.39 is 225 Å². The lowest BCUT2D eigenvalue weighted by atomic mass is 9.47. The lowest BCUT2D eigenvalue weighted by Gasteiger charge is -2.60. The van der Waals surface area contributed by atoms with Gasteiger partial charge in [0.05, 0.1) is 55.4 Å². The van der Waals surface area contributed by atoms with Crippen LogP contribution in [0.3, 0.4) is 0 Å². The molecule has 0 aromatic heterocycles. The van der Waals surface area contributed by atoms with Crippen LogP contribution < -0.4 is 0 Å². The molecule has 31 heteroatoms. The standard InChI is InChI=1S/C61H102O30S/c1-23(2)11-10-16-61(9,75)36-13-12-30-29-20-34(32-19-28(91-92(76,77)78)14-17-59(32,7)31(29)15-18-60(30,36)8)85-56-48(74)50(39(65)26(5)83-56)88-57-51(89-54-45(71)42(68)37(63)24(3)81-54)41(67)35(22-80-57)86-58-52(90-55-46(72)43(69)38(64)25(4)82-55)47(73)49(27(6)84-58)87-53-44(70)40(66)33(62)21-79-53/h15,23-30,32-58,62-75H,10-14,16-22H2,1-9H3,(H,76,77,78)/t24-,25-,26-,27-,28+,29+,30+,32-,33+,34+,35-,36+,37-,38+,39-,40+,41+,42+,43+,44-,45-,46-,47+,48-,49-,50+,51-,52-,53+,54+,55+,56+,57+,58+,59-,60+,61-/m1/s1. The van der Waals surface area contributed by atoms with E-state index in [4.69, 9.17) is 61.0 Å². The minimum absolute atomic E-state index is 0.0160. The molecule has 15 N–H and O–H groups in total. The molecule has 10 rings (SSSR count). The third kappa shape index (κ3) is 14.6. The monoisotopic (exact) mass is 1350 g/mol. The molecule has 92 heavy (non-hydrogen) atoms. The predicted molar refractivity (Wildman–Crippen MR) is 310 cm³/mol. The van der Waals surface area contributed by atoms with Crippen molar-refractivity contribution in [2.75, 3.05) is 13.2 Å². The molecule has 9 fully saturated rings. The van der Waals surface area contributed by atoms with Gasteiger partial charge >= 0.3 is 10.4 Å². The molecular formula is C61H102O30S. The molecule has 0 aromatic rings. The molecule has 37 atom stereocenters. The number of rotatable bonds is 19. The highest BCUT2D eigenvalue weighted by atomic mass is 32.3. The van der Waals surface area contributed by atoms with E-state index in [1.165, 1.54) is 33.3 Å². The number of ether oxygens (including phenoxy) is 12. The van der Waals surface area contributed by atoms with Crippen LogP contribution in [0.25, 0.3) is 0 Å². The van der Waals surface area contributed by atoms with Crippen molar-refractivity contribution >= 4 is 10.4 Å². The average Bonchev–Trinajstić information content (AvgIpc) is 1.34. The van der Waals surface area contributed by atoms with Gasteiger partial charge in [0.1, 0.15) is 110 Å². The first kappa shape index (κ1) is 73.3. The second kappa shape index (κ2) is 28.7. The zero-order chi connectivity index (χ0) is 67.2. The van der Waals surface area contributed by atoms with E-state index in [0.717, 1.165) is 32.1 Å². The van der Waals surface area contributed by atoms with Gasteiger partial charge in [-0.05, 0) is 126 Å². The van der Waals surface area contributed by atoms with Gasteiger partial charge in [0.15, 0.2) is 37.7 Å². The van der Waals surface area contributed by atoms with Crippen LogP contribution in [0.5, 0.6) is 0 Å². The zero-order valence-corrected chi connectivity index (χ0v) is 54.3. The molecular weight excluding hydrogens is 1240 g/mol. The smallest absolute Gasteiger partial charge is 0.390 e. The average molecular weight is 1350 g/mol. The van der Waals surface area contributed by atoms with Crippen molar-refractivity contribution in [3.05, 3.63) is 11.6 Å². The summed E-state index contributed by atoms with van der Waals surface area (Å²) in [6.45, 7) is 15.2. The molecule has 0 spiro atoms. The first-order valence-corrected chi connectivity index (χ1v) is 34.1. The molecule has 3 saturated carbocycles. The minimum Gasteiger partial charge on any atom is -0.390 e. The second-order valence-corrected chi connectivity index (χ2v) is 30.0. The van der Waals surface area contributed by atoms with Gasteiger partial charge in [-0.3, -0.25) is 4.55 Å². The molecule has 6 aliphatic heterocycles. The molecule has 4 aliphatic carbocycles. The van der Waals surface area contributed by atoms with Crippen molar-refractivity contribution in [1.29, 1.82) is 0 Å². The van der Waals surface area contributed by atoms with Gasteiger partial charge in [-0.1, -0.05) is 52.2 Å². The quantitative estimate of drug-likeness (QED) is 0.0475. The summed E-state index contributed by atoms with van der Waals surface area (Å²) < 4.78 is 113. The first-order valence-electron chi connectivity index (χ1n) is 32.8. The largest absolute Gasteiger partial charge is 0.397 e. The van der Waals surface area contributed by atoms with Gasteiger partial charge in [-0.15, -0.1) is 0 Å². The highest BCUT2D eigenvalue weighted by Gasteiger charge is 2.64. The maximum absolute atomic E-state index is 12.5. The van der Waals surface area contributed by atoms with Crippen LogP contribution in [0.15, 0.2) is 11.6 Å². The molecule has 6 heterocycles. The summed E-state index contributed by atoms with van der Waals surface area (Å²) in [6, 6.07) is 0. The zero-order valence-electron chi connectivity index (χ0n) is 53.5. The van der Waals surface area contributed by atoms with E-state index >= 15 is 0 Å². The number of aliphatic hydroxyl groups excluding tert-OH is 13. The fourth-order valence-corrected chi connectivity index (χ4v) is 17.5. The summed E-state index contributed by atoms with van der Waals surface area (Å²) in [5.41, 5.74) is -0.637. The van der Waals surface area contributed by atoms with E-state index in [1.54, 1.807) is 0 Å².